The highest BCUT2D eigenvalue weighted by Crippen LogP contribution is 2.42. The summed E-state index contributed by atoms with van der Waals surface area (Å²) in [5.41, 5.74) is 3.16. The molecule has 0 atom stereocenters. The molecular formula is C21H24N6O4. The highest BCUT2D eigenvalue weighted by Gasteiger charge is 2.43. The minimum absolute atomic E-state index is 0.194. The van der Waals surface area contributed by atoms with Gasteiger partial charge in [-0.3, -0.25) is 10.00 Å². The number of nitrogens with one attached hydrogen (secondary N) is 2. The second-order valence-electron chi connectivity index (χ2n) is 8.12. The number of likely N-dealkylation sites (tertiary alicyclic amines) is 1. The Bertz CT molecular complexity index is 1080. The maximum atomic E-state index is 12.9. The van der Waals surface area contributed by atoms with Gasteiger partial charge in [0.2, 0.25) is 0 Å². The molecule has 1 aromatic carbocycles. The van der Waals surface area contributed by atoms with Gasteiger partial charge in [-0.2, -0.15) is 5.10 Å². The van der Waals surface area contributed by atoms with E-state index in [0.717, 1.165) is 28.1 Å². The second kappa shape index (κ2) is 7.29. The van der Waals surface area contributed by atoms with Gasteiger partial charge in [-0.1, -0.05) is 0 Å². The number of nitrogens with zero attached hydrogens (tertiary/aromatic N) is 4. The van der Waals surface area contributed by atoms with E-state index in [1.165, 1.54) is 0 Å². The lowest BCUT2D eigenvalue weighted by Crippen LogP contribution is -2.52. The predicted octanol–water partition coefficient (Wildman–Crippen LogP) is 1.97. The van der Waals surface area contributed by atoms with Crippen LogP contribution in [0.2, 0.25) is 0 Å². The molecule has 0 unspecified atom stereocenters. The van der Waals surface area contributed by atoms with E-state index in [1.54, 1.807) is 22.9 Å². The quantitative estimate of drug-likeness (QED) is 0.766. The van der Waals surface area contributed by atoms with Crippen LogP contribution in [0.4, 0.5) is 15.3 Å². The maximum absolute atomic E-state index is 12.9. The van der Waals surface area contributed by atoms with Gasteiger partial charge in [0.1, 0.15) is 17.2 Å². The molecule has 2 saturated heterocycles. The molecular weight excluding hydrogens is 400 g/mol. The summed E-state index contributed by atoms with van der Waals surface area (Å²) < 4.78 is 12.7. The summed E-state index contributed by atoms with van der Waals surface area (Å²) in [7, 11) is 3.50. The van der Waals surface area contributed by atoms with E-state index in [9.17, 15) is 9.59 Å². The van der Waals surface area contributed by atoms with E-state index in [-0.39, 0.29) is 12.1 Å². The van der Waals surface area contributed by atoms with Crippen LogP contribution >= 0.6 is 0 Å². The van der Waals surface area contributed by atoms with Crippen molar-refractivity contribution in [3.05, 3.63) is 30.1 Å². The fourth-order valence-corrected chi connectivity index (χ4v) is 4.42. The number of alkyl carbamates (subject to hydrolysis) is 1. The number of amides is 3. The molecule has 1 spiro atoms. The van der Waals surface area contributed by atoms with Crippen molar-refractivity contribution >= 4 is 23.6 Å². The van der Waals surface area contributed by atoms with Crippen LogP contribution in [-0.2, 0) is 18.2 Å². The van der Waals surface area contributed by atoms with E-state index in [4.69, 9.17) is 14.5 Å². The van der Waals surface area contributed by atoms with Crippen LogP contribution in [0.3, 0.4) is 0 Å². The van der Waals surface area contributed by atoms with Gasteiger partial charge < -0.3 is 19.7 Å². The SMILES string of the molecule is COc1ccc(-c2cnn(C)c2)c2c1CC(NC(=O)N1CCC3(CC1)CNC(=O)O3)=N2. The maximum Gasteiger partial charge on any atom is 0.407 e. The molecule has 0 saturated carbocycles. The number of hydrogen-bond acceptors (Lipinski definition) is 6. The number of methoxy groups -OCH3 is 1. The number of piperidine rings is 1. The van der Waals surface area contributed by atoms with Crippen LogP contribution in [0.15, 0.2) is 29.5 Å². The van der Waals surface area contributed by atoms with Crippen LogP contribution in [0.25, 0.3) is 11.1 Å². The zero-order valence-electron chi connectivity index (χ0n) is 17.5. The fraction of sp³-hybridized carbons (Fsp3) is 0.429. The van der Waals surface area contributed by atoms with Gasteiger partial charge in [0, 0.05) is 62.3 Å². The highest BCUT2D eigenvalue weighted by atomic mass is 16.6. The molecule has 0 radical (unpaired) electrons. The summed E-state index contributed by atoms with van der Waals surface area (Å²) in [5, 5.41) is 9.91. The number of aryl methyl sites for hydroxylation is 1. The molecule has 2 fully saturated rings. The third-order valence-electron chi connectivity index (χ3n) is 6.14. The van der Waals surface area contributed by atoms with Crippen molar-refractivity contribution in [1.29, 1.82) is 0 Å². The summed E-state index contributed by atoms with van der Waals surface area (Å²) >= 11 is 0. The van der Waals surface area contributed by atoms with Crippen molar-refractivity contribution in [2.75, 3.05) is 26.7 Å². The normalized spacial score (nSPS) is 19.0. The average Bonchev–Trinajstić information content (AvgIpc) is 3.46. The van der Waals surface area contributed by atoms with Gasteiger partial charge >= 0.3 is 12.1 Å². The lowest BCUT2D eigenvalue weighted by Gasteiger charge is -2.36. The third-order valence-corrected chi connectivity index (χ3v) is 6.14. The fourth-order valence-electron chi connectivity index (χ4n) is 4.42. The van der Waals surface area contributed by atoms with E-state index < -0.39 is 5.60 Å². The average molecular weight is 424 g/mol. The Labute approximate surface area is 179 Å². The molecule has 2 aromatic rings. The Balaban J connectivity index is 1.31. The molecule has 31 heavy (non-hydrogen) atoms. The second-order valence-corrected chi connectivity index (χ2v) is 8.12. The van der Waals surface area contributed by atoms with E-state index in [2.05, 4.69) is 15.7 Å². The first kappa shape index (κ1) is 19.4. The number of carbonyl (C=O) groups is 2. The largest absolute Gasteiger partial charge is 0.496 e. The van der Waals surface area contributed by atoms with Crippen LogP contribution in [-0.4, -0.2) is 65.0 Å². The van der Waals surface area contributed by atoms with Crippen molar-refractivity contribution in [2.24, 2.45) is 12.0 Å². The van der Waals surface area contributed by atoms with Crippen molar-refractivity contribution in [3.63, 3.8) is 0 Å². The minimum atomic E-state index is -0.485. The molecule has 2 N–H and O–H groups in total. The predicted molar refractivity (Wildman–Crippen MR) is 113 cm³/mol. The number of fused-ring (bicyclic) bond motifs is 1. The van der Waals surface area contributed by atoms with Crippen LogP contribution in [0.5, 0.6) is 5.75 Å². The Morgan fingerprint density at radius 2 is 2.13 bits per heavy atom. The number of hydrogen-bond donors (Lipinski definition) is 2. The third kappa shape index (κ3) is 3.47. The van der Waals surface area contributed by atoms with Crippen molar-refractivity contribution in [2.45, 2.75) is 24.9 Å². The summed E-state index contributed by atoms with van der Waals surface area (Å²) in [6.45, 7) is 1.54. The number of rotatable bonds is 2. The molecule has 162 valence electrons. The van der Waals surface area contributed by atoms with Crippen molar-refractivity contribution < 1.29 is 19.1 Å². The minimum Gasteiger partial charge on any atom is -0.496 e. The zero-order chi connectivity index (χ0) is 21.6. The number of benzene rings is 1. The number of aromatic nitrogens is 2. The molecule has 10 heteroatoms. The Morgan fingerprint density at radius 3 is 2.77 bits per heavy atom. The lowest BCUT2D eigenvalue weighted by atomic mass is 9.92. The number of ether oxygens (including phenoxy) is 2. The van der Waals surface area contributed by atoms with E-state index >= 15 is 0 Å². The molecule has 5 rings (SSSR count). The molecule has 1 aromatic heterocycles. The number of aliphatic imine (C=N–C) groups is 1. The number of carbonyl (C=O) groups excluding carboxylic acids is 2. The van der Waals surface area contributed by atoms with E-state index in [0.29, 0.717) is 44.7 Å². The van der Waals surface area contributed by atoms with Gasteiger partial charge in [0.25, 0.3) is 0 Å². The van der Waals surface area contributed by atoms with E-state index in [1.807, 2.05) is 25.4 Å². The molecule has 4 heterocycles. The van der Waals surface area contributed by atoms with Crippen LogP contribution < -0.4 is 15.4 Å². The molecule has 0 aliphatic carbocycles. The summed E-state index contributed by atoms with van der Waals surface area (Å²) in [4.78, 5) is 30.7. The van der Waals surface area contributed by atoms with Crippen molar-refractivity contribution in [3.8, 4) is 16.9 Å². The highest BCUT2D eigenvalue weighted by molar-refractivity contribution is 6.04. The van der Waals surface area contributed by atoms with Crippen LogP contribution in [0, 0.1) is 0 Å². The van der Waals surface area contributed by atoms with Crippen molar-refractivity contribution in [1.82, 2.24) is 25.3 Å². The summed E-state index contributed by atoms with van der Waals surface area (Å²) in [6, 6.07) is 3.69. The number of urea groups is 1. The standard InChI is InChI=1S/C21H24N6O4/c1-26-11-13(10-23-26)14-3-4-16(30-2)15-9-17(24-18(14)15)25-19(28)27-7-5-21(6-8-27)12-22-20(29)31-21/h3-4,10-11H,5-9,12H2,1-2H3,(H,22,29)(H,24,25,28). The number of amidine groups is 1. The Hall–Kier alpha value is -3.56. The molecule has 0 bridgehead atoms. The Kier molecular flexibility index (Phi) is 4.57. The molecule has 3 amide bonds. The lowest BCUT2D eigenvalue weighted by molar-refractivity contribution is 0.0102. The summed E-state index contributed by atoms with van der Waals surface area (Å²) in [5.74, 6) is 1.33. The van der Waals surface area contributed by atoms with Gasteiger partial charge in [0.15, 0.2) is 0 Å². The summed E-state index contributed by atoms with van der Waals surface area (Å²) in [6.07, 6.45) is 5.06. The van der Waals surface area contributed by atoms with Gasteiger partial charge in [0.05, 0.1) is 25.5 Å². The van der Waals surface area contributed by atoms with Gasteiger partial charge in [-0.25, -0.2) is 14.6 Å². The topological polar surface area (TPSA) is 110 Å². The zero-order valence-corrected chi connectivity index (χ0v) is 17.5. The van der Waals surface area contributed by atoms with Crippen LogP contribution in [0.1, 0.15) is 18.4 Å². The first-order chi connectivity index (χ1) is 15.0. The monoisotopic (exact) mass is 424 g/mol. The first-order valence-electron chi connectivity index (χ1n) is 10.3. The Morgan fingerprint density at radius 1 is 1.32 bits per heavy atom. The molecule has 3 aliphatic heterocycles. The van der Waals surface area contributed by atoms with Gasteiger partial charge in [-0.05, 0) is 12.1 Å². The van der Waals surface area contributed by atoms with Gasteiger partial charge in [-0.15, -0.1) is 0 Å². The smallest absolute Gasteiger partial charge is 0.407 e. The first-order valence-corrected chi connectivity index (χ1v) is 10.3. The molecule has 10 nitrogen and oxygen atoms in total. The molecule has 3 aliphatic rings.